The average Bonchev–Trinajstić information content (AvgIpc) is 2.81. The number of aromatic nitrogens is 2. The summed E-state index contributed by atoms with van der Waals surface area (Å²) in [6.07, 6.45) is 3.47. The minimum absolute atomic E-state index is 0.142. The molecule has 190 valence electrons. The molecule has 3 aromatic rings. The van der Waals surface area contributed by atoms with E-state index in [1.807, 2.05) is 24.8 Å². The molecule has 1 aliphatic heterocycles. The van der Waals surface area contributed by atoms with E-state index in [4.69, 9.17) is 4.98 Å². The Labute approximate surface area is 207 Å². The standard InChI is InChI=1S/C27H30F2N4O3/c1-15-11-21(17(3)30-22-10-5-4-9-20(22)26(35)36)24-31-23(16(2)25(34)33(24)12-15)32-13-18-7-6-8-19(14-32)27(18,28)29/h4-5,9-12,17-19,30H,6-8,13-14H2,1-3H3,(H,35,36)/t17-,18?,19?/m1/s1. The molecule has 7 nitrogen and oxygen atoms in total. The van der Waals surface area contributed by atoms with Gasteiger partial charge >= 0.3 is 5.97 Å². The van der Waals surface area contributed by atoms with E-state index in [9.17, 15) is 23.5 Å². The van der Waals surface area contributed by atoms with Crippen molar-refractivity contribution in [1.82, 2.24) is 9.38 Å². The number of rotatable bonds is 5. The quantitative estimate of drug-likeness (QED) is 0.514. The molecule has 1 aliphatic carbocycles. The molecule has 2 aromatic heterocycles. The van der Waals surface area contributed by atoms with Crippen molar-refractivity contribution in [2.75, 3.05) is 23.3 Å². The smallest absolute Gasteiger partial charge is 0.337 e. The number of halogens is 2. The van der Waals surface area contributed by atoms with Crippen molar-refractivity contribution in [3.8, 4) is 0 Å². The molecule has 2 N–H and O–H groups in total. The molecule has 2 aliphatic rings. The van der Waals surface area contributed by atoms with Crippen molar-refractivity contribution in [2.24, 2.45) is 11.8 Å². The molecule has 0 radical (unpaired) electrons. The number of para-hydroxylation sites is 1. The first-order valence-corrected chi connectivity index (χ1v) is 12.3. The van der Waals surface area contributed by atoms with Crippen molar-refractivity contribution in [2.45, 2.75) is 52.0 Å². The maximum absolute atomic E-state index is 14.8. The first-order valence-electron chi connectivity index (χ1n) is 12.3. The monoisotopic (exact) mass is 496 g/mol. The van der Waals surface area contributed by atoms with Gasteiger partial charge in [-0.2, -0.15) is 0 Å². The van der Waals surface area contributed by atoms with E-state index in [0.29, 0.717) is 35.6 Å². The first kappa shape index (κ1) is 24.2. The Hall–Kier alpha value is -3.49. The van der Waals surface area contributed by atoms with Crippen LogP contribution >= 0.6 is 0 Å². The van der Waals surface area contributed by atoms with Crippen LogP contribution in [-0.2, 0) is 0 Å². The van der Waals surface area contributed by atoms with Crippen LogP contribution in [0, 0.1) is 25.7 Å². The van der Waals surface area contributed by atoms with E-state index in [-0.39, 0.29) is 30.3 Å². The first-order chi connectivity index (χ1) is 17.1. The Bertz CT molecular complexity index is 1390. The summed E-state index contributed by atoms with van der Waals surface area (Å²) >= 11 is 0. The molecule has 36 heavy (non-hydrogen) atoms. The lowest BCUT2D eigenvalue weighted by atomic mass is 9.74. The molecule has 3 atom stereocenters. The second-order valence-corrected chi connectivity index (χ2v) is 10.2. The van der Waals surface area contributed by atoms with E-state index >= 15 is 0 Å². The predicted octanol–water partition coefficient (Wildman–Crippen LogP) is 5.05. The summed E-state index contributed by atoms with van der Waals surface area (Å²) in [5, 5.41) is 12.8. The Morgan fingerprint density at radius 3 is 2.53 bits per heavy atom. The highest BCUT2D eigenvalue weighted by Gasteiger charge is 2.53. The second-order valence-electron chi connectivity index (χ2n) is 10.2. The fourth-order valence-corrected chi connectivity index (χ4v) is 5.75. The maximum atomic E-state index is 14.8. The van der Waals surface area contributed by atoms with Crippen LogP contribution in [0.3, 0.4) is 0 Å². The molecule has 5 rings (SSSR count). The normalized spacial score (nSPS) is 21.9. The number of hydrogen-bond donors (Lipinski definition) is 2. The SMILES string of the molecule is Cc1cc([C@@H](C)Nc2ccccc2C(=O)O)c2nc(N3CC4CCCC(C3)C4(F)F)c(C)c(=O)n2c1. The maximum Gasteiger partial charge on any atom is 0.337 e. The van der Waals surface area contributed by atoms with Crippen LogP contribution in [0.5, 0.6) is 0 Å². The van der Waals surface area contributed by atoms with Crippen LogP contribution < -0.4 is 15.8 Å². The van der Waals surface area contributed by atoms with Crippen LogP contribution in [0.1, 0.15) is 59.3 Å². The van der Waals surface area contributed by atoms with Crippen LogP contribution in [0.25, 0.3) is 5.65 Å². The summed E-state index contributed by atoms with van der Waals surface area (Å²) in [6.45, 7) is 5.81. The zero-order chi connectivity index (χ0) is 25.8. The summed E-state index contributed by atoms with van der Waals surface area (Å²) in [6, 6.07) is 8.17. The highest BCUT2D eigenvalue weighted by Crippen LogP contribution is 2.47. The molecule has 1 aromatic carbocycles. The second kappa shape index (κ2) is 8.87. The van der Waals surface area contributed by atoms with Crippen molar-refractivity contribution in [3.63, 3.8) is 0 Å². The third-order valence-electron chi connectivity index (χ3n) is 7.66. The third kappa shape index (κ3) is 4.00. The number of piperidine rings is 1. The molecular formula is C27H30F2N4O3. The predicted molar refractivity (Wildman–Crippen MR) is 134 cm³/mol. The Morgan fingerprint density at radius 1 is 1.19 bits per heavy atom. The van der Waals surface area contributed by atoms with Gasteiger partial charge in [0.2, 0.25) is 0 Å². The molecule has 3 heterocycles. The Balaban J connectivity index is 1.59. The van der Waals surface area contributed by atoms with Gasteiger partial charge in [0.1, 0.15) is 11.5 Å². The number of fused-ring (bicyclic) bond motifs is 3. The third-order valence-corrected chi connectivity index (χ3v) is 7.66. The molecule has 2 bridgehead atoms. The minimum Gasteiger partial charge on any atom is -0.478 e. The molecule has 0 spiro atoms. The number of benzene rings is 1. The summed E-state index contributed by atoms with van der Waals surface area (Å²) in [5.74, 6) is -4.76. The number of carboxylic acid groups (broad SMARTS) is 1. The number of carboxylic acids is 1. The van der Waals surface area contributed by atoms with Gasteiger partial charge < -0.3 is 15.3 Å². The van der Waals surface area contributed by atoms with E-state index < -0.39 is 23.7 Å². The summed E-state index contributed by atoms with van der Waals surface area (Å²) in [7, 11) is 0. The van der Waals surface area contributed by atoms with Crippen molar-refractivity contribution >= 4 is 23.1 Å². The summed E-state index contributed by atoms with van der Waals surface area (Å²) < 4.78 is 31.1. The summed E-state index contributed by atoms with van der Waals surface area (Å²) in [5.41, 5.74) is 2.80. The molecule has 1 saturated carbocycles. The fourth-order valence-electron chi connectivity index (χ4n) is 5.75. The zero-order valence-corrected chi connectivity index (χ0v) is 20.6. The van der Waals surface area contributed by atoms with Crippen molar-refractivity contribution < 1.29 is 18.7 Å². The highest BCUT2D eigenvalue weighted by atomic mass is 19.3. The lowest BCUT2D eigenvalue weighted by molar-refractivity contribution is -0.138. The van der Waals surface area contributed by atoms with Gasteiger partial charge in [0, 0.05) is 42.4 Å². The van der Waals surface area contributed by atoms with Crippen molar-refractivity contribution in [1.29, 1.82) is 0 Å². The Kier molecular flexibility index (Phi) is 5.97. The minimum atomic E-state index is -2.69. The number of hydrogen-bond acceptors (Lipinski definition) is 5. The van der Waals surface area contributed by atoms with Gasteiger partial charge in [-0.25, -0.2) is 18.6 Å². The molecule has 0 amide bonds. The van der Waals surface area contributed by atoms with Crippen LogP contribution in [-0.4, -0.2) is 39.5 Å². The molecule has 2 unspecified atom stereocenters. The molecular weight excluding hydrogens is 466 g/mol. The lowest BCUT2D eigenvalue weighted by Gasteiger charge is -2.47. The van der Waals surface area contributed by atoms with E-state index in [0.717, 1.165) is 17.5 Å². The number of nitrogens with zero attached hydrogens (tertiary/aromatic N) is 3. The van der Waals surface area contributed by atoms with Gasteiger partial charge in [0.05, 0.1) is 17.2 Å². The van der Waals surface area contributed by atoms with Gasteiger partial charge in [-0.3, -0.25) is 9.20 Å². The highest BCUT2D eigenvalue weighted by molar-refractivity contribution is 5.94. The van der Waals surface area contributed by atoms with Crippen LogP contribution in [0.15, 0.2) is 41.3 Å². The largest absolute Gasteiger partial charge is 0.478 e. The van der Waals surface area contributed by atoms with Crippen LogP contribution in [0.2, 0.25) is 0 Å². The number of pyridine rings is 1. The number of nitrogens with one attached hydrogen (secondary N) is 1. The molecule has 1 saturated heterocycles. The summed E-state index contributed by atoms with van der Waals surface area (Å²) in [4.78, 5) is 31.9. The van der Waals surface area contributed by atoms with Gasteiger partial charge in [-0.15, -0.1) is 0 Å². The molecule has 9 heteroatoms. The number of aromatic carboxylic acids is 1. The number of anilines is 2. The van der Waals surface area contributed by atoms with Crippen molar-refractivity contribution in [3.05, 3.63) is 69.1 Å². The number of alkyl halides is 2. The van der Waals surface area contributed by atoms with Crippen LogP contribution in [0.4, 0.5) is 20.3 Å². The number of aryl methyl sites for hydroxylation is 1. The Morgan fingerprint density at radius 2 is 1.86 bits per heavy atom. The van der Waals surface area contributed by atoms with E-state index in [1.54, 1.807) is 31.3 Å². The molecule has 2 fully saturated rings. The lowest BCUT2D eigenvalue weighted by Crippen LogP contribution is -2.56. The fraction of sp³-hybridized carbons (Fsp3) is 0.444. The van der Waals surface area contributed by atoms with Gasteiger partial charge in [-0.1, -0.05) is 18.6 Å². The van der Waals surface area contributed by atoms with Gasteiger partial charge in [0.25, 0.3) is 11.5 Å². The topological polar surface area (TPSA) is 86.9 Å². The van der Waals surface area contributed by atoms with E-state index in [2.05, 4.69) is 5.32 Å². The van der Waals surface area contributed by atoms with Gasteiger partial charge in [0.15, 0.2) is 0 Å². The average molecular weight is 497 g/mol. The zero-order valence-electron chi connectivity index (χ0n) is 20.6. The van der Waals surface area contributed by atoms with Gasteiger partial charge in [-0.05, 0) is 57.4 Å². The number of carbonyl (C=O) groups is 1. The van der Waals surface area contributed by atoms with E-state index in [1.165, 1.54) is 10.5 Å².